The largest absolute Gasteiger partial charge is 0.495 e. The number of carbonyl (C=O) groups is 1. The van der Waals surface area contributed by atoms with Crippen LogP contribution < -0.4 is 15.6 Å². The highest BCUT2D eigenvalue weighted by Gasteiger charge is 2.18. The molecule has 0 unspecified atom stereocenters. The number of benzene rings is 2. The van der Waals surface area contributed by atoms with Crippen LogP contribution >= 0.6 is 0 Å². The van der Waals surface area contributed by atoms with Crippen molar-refractivity contribution in [1.29, 1.82) is 0 Å². The zero-order chi connectivity index (χ0) is 23.5. The van der Waals surface area contributed by atoms with E-state index in [-0.39, 0.29) is 17.7 Å². The Labute approximate surface area is 189 Å². The molecule has 0 aliphatic rings. The molecular weight excluding hydrogens is 425 g/mol. The molecule has 0 aliphatic heterocycles. The van der Waals surface area contributed by atoms with Gasteiger partial charge in [-0.25, -0.2) is 9.38 Å². The minimum absolute atomic E-state index is 0.0261. The van der Waals surface area contributed by atoms with Gasteiger partial charge in [-0.1, -0.05) is 6.07 Å². The minimum atomic E-state index is -0.483. The first-order valence-electron chi connectivity index (χ1n) is 10.2. The van der Waals surface area contributed by atoms with Crippen molar-refractivity contribution in [3.05, 3.63) is 88.5 Å². The van der Waals surface area contributed by atoms with Gasteiger partial charge in [0.2, 0.25) is 5.55 Å². The fourth-order valence-corrected chi connectivity index (χ4v) is 3.40. The number of fused-ring (bicyclic) bond motifs is 1. The molecular formula is C25H22FN3O4. The molecule has 8 heteroatoms. The third-order valence-electron chi connectivity index (χ3n) is 5.13. The minimum Gasteiger partial charge on any atom is -0.495 e. The molecule has 0 saturated carbocycles. The molecule has 2 aromatic heterocycles. The molecule has 2 aromatic carbocycles. The van der Waals surface area contributed by atoms with Crippen LogP contribution in [0.15, 0.2) is 64.1 Å². The van der Waals surface area contributed by atoms with Crippen LogP contribution in [0.25, 0.3) is 11.0 Å². The molecule has 4 rings (SSSR count). The van der Waals surface area contributed by atoms with Gasteiger partial charge in [0.1, 0.15) is 17.1 Å². The van der Waals surface area contributed by atoms with E-state index in [2.05, 4.69) is 15.3 Å². The van der Waals surface area contributed by atoms with Crippen molar-refractivity contribution in [3.63, 3.8) is 0 Å². The first-order chi connectivity index (χ1) is 15.9. The first kappa shape index (κ1) is 22.2. The van der Waals surface area contributed by atoms with Crippen molar-refractivity contribution in [3.8, 4) is 5.75 Å². The second kappa shape index (κ2) is 9.22. The fraction of sp³-hybridized carbons (Fsp3) is 0.160. The van der Waals surface area contributed by atoms with Crippen LogP contribution in [0.3, 0.4) is 0 Å². The van der Waals surface area contributed by atoms with Gasteiger partial charge in [-0.15, -0.1) is 0 Å². The van der Waals surface area contributed by atoms with Crippen LogP contribution in [0.4, 0.5) is 15.8 Å². The third-order valence-corrected chi connectivity index (χ3v) is 5.13. The van der Waals surface area contributed by atoms with E-state index in [9.17, 15) is 14.3 Å². The number of aryl methyl sites for hydroxylation is 2. The Hall–Kier alpha value is -4.04. The number of ether oxygens (including phenoxy) is 1. The van der Waals surface area contributed by atoms with Crippen molar-refractivity contribution < 1.29 is 23.4 Å². The van der Waals surface area contributed by atoms with Gasteiger partial charge in [0.25, 0.3) is 5.91 Å². The number of nitrogens with zero attached hydrogens (tertiary/aromatic N) is 2. The summed E-state index contributed by atoms with van der Waals surface area (Å²) in [5.74, 6) is -0.384. The number of halogens is 1. The van der Waals surface area contributed by atoms with Gasteiger partial charge in [-0.2, -0.15) is 0 Å². The molecule has 0 radical (unpaired) electrons. The number of amides is 1. The number of pyridine rings is 1. The smallest absolute Gasteiger partial charge is 0.261 e. The molecule has 0 bridgehead atoms. The van der Waals surface area contributed by atoms with Gasteiger partial charge in [-0.3, -0.25) is 9.78 Å². The van der Waals surface area contributed by atoms with Crippen molar-refractivity contribution in [2.75, 3.05) is 12.4 Å². The number of aliphatic hydroxyl groups is 1. The normalized spacial score (nSPS) is 11.6. The summed E-state index contributed by atoms with van der Waals surface area (Å²) in [6.45, 7) is 3.38. The maximum absolute atomic E-state index is 13.4. The van der Waals surface area contributed by atoms with Gasteiger partial charge in [0, 0.05) is 17.1 Å². The fourth-order valence-electron chi connectivity index (χ4n) is 3.40. The number of aromatic nitrogens is 1. The van der Waals surface area contributed by atoms with Gasteiger partial charge in [-0.05, 0) is 61.9 Å². The van der Waals surface area contributed by atoms with E-state index in [1.54, 1.807) is 25.1 Å². The molecule has 1 amide bonds. The quantitative estimate of drug-likeness (QED) is 0.467. The van der Waals surface area contributed by atoms with Crippen molar-refractivity contribution in [2.45, 2.75) is 20.5 Å². The first-order valence-corrected chi connectivity index (χ1v) is 10.2. The Kier molecular flexibility index (Phi) is 6.19. The van der Waals surface area contributed by atoms with E-state index in [1.165, 1.54) is 37.6 Å². The van der Waals surface area contributed by atoms with Gasteiger partial charge in [0.15, 0.2) is 5.58 Å². The lowest BCUT2D eigenvalue weighted by atomic mass is 10.1. The monoisotopic (exact) mass is 447 g/mol. The second-order valence-corrected chi connectivity index (χ2v) is 7.48. The molecule has 0 saturated heterocycles. The van der Waals surface area contributed by atoms with E-state index in [4.69, 9.17) is 9.15 Å². The molecule has 0 spiro atoms. The Balaban J connectivity index is 1.92. The zero-order valence-electron chi connectivity index (χ0n) is 18.3. The maximum Gasteiger partial charge on any atom is 0.261 e. The van der Waals surface area contributed by atoms with Crippen LogP contribution in [0.1, 0.15) is 27.2 Å². The van der Waals surface area contributed by atoms with Gasteiger partial charge >= 0.3 is 0 Å². The van der Waals surface area contributed by atoms with E-state index < -0.39 is 11.7 Å². The summed E-state index contributed by atoms with van der Waals surface area (Å²) in [5, 5.41) is 13.2. The Morgan fingerprint density at radius 1 is 1.18 bits per heavy atom. The number of hydrogen-bond acceptors (Lipinski definition) is 6. The van der Waals surface area contributed by atoms with Crippen molar-refractivity contribution in [1.82, 2.24) is 4.98 Å². The van der Waals surface area contributed by atoms with Gasteiger partial charge in [0.05, 0.1) is 30.8 Å². The summed E-state index contributed by atoms with van der Waals surface area (Å²) >= 11 is 0. The van der Waals surface area contributed by atoms with Gasteiger partial charge < -0.3 is 19.6 Å². The molecule has 2 heterocycles. The highest BCUT2D eigenvalue weighted by atomic mass is 19.1. The molecule has 0 atom stereocenters. The average molecular weight is 447 g/mol. The molecule has 0 fully saturated rings. The standard InChI is InChI=1S/C25H22FN3O4/c1-14-4-9-22(32-3)21(10-14)29-24(31)20-11-19-16(13-30)12-27-15(2)23(19)33-25(20)28-18-7-5-17(26)6-8-18/h4-12,30H,13H2,1-3H3,(H,29,31). The van der Waals surface area contributed by atoms with Crippen LogP contribution in [-0.2, 0) is 6.61 Å². The van der Waals surface area contributed by atoms with E-state index >= 15 is 0 Å². The Bertz CT molecular complexity index is 1410. The van der Waals surface area contributed by atoms with Crippen LogP contribution in [-0.4, -0.2) is 23.1 Å². The zero-order valence-corrected chi connectivity index (χ0v) is 18.3. The predicted octanol–water partition coefficient (Wildman–Crippen LogP) is 4.57. The lowest BCUT2D eigenvalue weighted by Crippen LogP contribution is -2.22. The molecule has 2 N–H and O–H groups in total. The summed E-state index contributed by atoms with van der Waals surface area (Å²) in [7, 11) is 1.52. The number of methoxy groups -OCH3 is 1. The number of nitrogens with one attached hydrogen (secondary N) is 1. The molecule has 168 valence electrons. The summed E-state index contributed by atoms with van der Waals surface area (Å²) in [4.78, 5) is 22.0. The summed E-state index contributed by atoms with van der Waals surface area (Å²) in [5.41, 5.74) is 3.48. The van der Waals surface area contributed by atoms with Crippen LogP contribution in [0.5, 0.6) is 5.75 Å². The highest BCUT2D eigenvalue weighted by molar-refractivity contribution is 6.06. The number of anilines is 1. The van der Waals surface area contributed by atoms with Crippen LogP contribution in [0.2, 0.25) is 0 Å². The molecule has 0 aliphatic carbocycles. The number of hydrogen-bond donors (Lipinski definition) is 2. The number of carbonyl (C=O) groups excluding carboxylic acids is 1. The lowest BCUT2D eigenvalue weighted by molar-refractivity contribution is 0.102. The van der Waals surface area contributed by atoms with E-state index in [0.29, 0.717) is 39.4 Å². The Morgan fingerprint density at radius 2 is 1.94 bits per heavy atom. The lowest BCUT2D eigenvalue weighted by Gasteiger charge is -2.12. The summed E-state index contributed by atoms with van der Waals surface area (Å²) < 4.78 is 24.7. The summed E-state index contributed by atoms with van der Waals surface area (Å²) in [6, 6.07) is 12.5. The topological polar surface area (TPSA) is 97.0 Å². The molecule has 4 aromatic rings. The van der Waals surface area contributed by atoms with E-state index in [0.717, 1.165) is 5.56 Å². The third kappa shape index (κ3) is 4.61. The number of aliphatic hydroxyl groups excluding tert-OH is 1. The highest BCUT2D eigenvalue weighted by Crippen LogP contribution is 2.27. The van der Waals surface area contributed by atoms with E-state index in [1.807, 2.05) is 13.0 Å². The average Bonchev–Trinajstić information content (AvgIpc) is 2.81. The SMILES string of the molecule is COc1ccc(C)cc1NC(=O)c1cc2c(CO)cnc(C)c2oc1=Nc1ccc(F)cc1. The summed E-state index contributed by atoms with van der Waals surface area (Å²) in [6.07, 6.45) is 1.54. The number of rotatable bonds is 5. The predicted molar refractivity (Wildman–Crippen MR) is 122 cm³/mol. The van der Waals surface area contributed by atoms with Crippen LogP contribution in [0, 0.1) is 19.7 Å². The second-order valence-electron chi connectivity index (χ2n) is 7.48. The Morgan fingerprint density at radius 3 is 2.64 bits per heavy atom. The molecule has 7 nitrogen and oxygen atoms in total. The molecule has 33 heavy (non-hydrogen) atoms. The maximum atomic E-state index is 13.4. The van der Waals surface area contributed by atoms with Crippen molar-refractivity contribution >= 4 is 28.3 Å². The van der Waals surface area contributed by atoms with Crippen molar-refractivity contribution in [2.24, 2.45) is 4.99 Å².